The fourth-order valence-electron chi connectivity index (χ4n) is 6.19. The van der Waals surface area contributed by atoms with Crippen LogP contribution in [0.25, 0.3) is 11.1 Å². The zero-order valence-corrected chi connectivity index (χ0v) is 29.0. The van der Waals surface area contributed by atoms with E-state index >= 15 is 0 Å². The van der Waals surface area contributed by atoms with E-state index in [0.717, 1.165) is 35.2 Å². The Kier molecular flexibility index (Phi) is 9.52. The van der Waals surface area contributed by atoms with Crippen molar-refractivity contribution in [3.8, 4) is 11.1 Å². The van der Waals surface area contributed by atoms with E-state index in [9.17, 15) is 31.5 Å². The lowest BCUT2D eigenvalue weighted by Gasteiger charge is -2.35. The van der Waals surface area contributed by atoms with Crippen LogP contribution in [0.1, 0.15) is 63.2 Å². The van der Waals surface area contributed by atoms with Gasteiger partial charge in [-0.15, -0.1) is 0 Å². The number of nitrogens with two attached hydrogens (primary N) is 1. The van der Waals surface area contributed by atoms with Gasteiger partial charge in [-0.3, -0.25) is 14.4 Å². The number of guanidine groups is 1. The maximum absolute atomic E-state index is 14.9. The highest BCUT2D eigenvalue weighted by Gasteiger charge is 2.53. The Morgan fingerprint density at radius 1 is 1.12 bits per heavy atom. The number of nitrogens with one attached hydrogen (secondary N) is 1. The van der Waals surface area contributed by atoms with Crippen molar-refractivity contribution in [2.75, 3.05) is 18.2 Å². The van der Waals surface area contributed by atoms with Crippen LogP contribution < -0.4 is 16.1 Å². The number of hydrogen-bond donors (Lipinski definition) is 2. The molecule has 0 spiro atoms. The van der Waals surface area contributed by atoms with Gasteiger partial charge in [0.1, 0.15) is 19.5 Å². The Labute approximate surface area is 300 Å². The number of carbonyl (C=O) groups excluding carboxylic acids is 2. The van der Waals surface area contributed by atoms with Crippen LogP contribution in [0.2, 0.25) is 5.02 Å². The molecule has 3 heterocycles. The number of benzene rings is 2. The Hall–Kier alpha value is -5.06. The first-order valence-electron chi connectivity index (χ1n) is 16.2. The summed E-state index contributed by atoms with van der Waals surface area (Å²) in [7, 11) is 0. The number of amides is 2. The van der Waals surface area contributed by atoms with E-state index < -0.39 is 54.4 Å². The average molecular weight is 748 g/mol. The summed E-state index contributed by atoms with van der Waals surface area (Å²) >= 11 is 6.34. The van der Waals surface area contributed by atoms with Gasteiger partial charge in [-0.1, -0.05) is 62.7 Å². The van der Waals surface area contributed by atoms with Crippen LogP contribution in [0.5, 0.6) is 0 Å². The normalized spacial score (nSPS) is 20.6. The zero-order valence-electron chi connectivity index (χ0n) is 28.2. The lowest BCUT2D eigenvalue weighted by atomic mass is 9.75. The molecule has 1 aromatic heterocycles. The molecule has 0 radical (unpaired) electrons. The minimum atomic E-state index is -4.73. The molecule has 0 bridgehead atoms. The molecule has 3 aromatic rings. The number of alkyl halides is 5. The van der Waals surface area contributed by atoms with Gasteiger partial charge in [0.25, 0.3) is 5.91 Å². The smallest absolute Gasteiger partial charge is 0.407 e. The van der Waals surface area contributed by atoms with Gasteiger partial charge in [0.05, 0.1) is 35.2 Å². The topological polar surface area (TPSA) is 143 Å². The second-order valence-corrected chi connectivity index (χ2v) is 14.4. The summed E-state index contributed by atoms with van der Waals surface area (Å²) in [6.45, 7) is 3.32. The SMILES string of the molecule is CC(C)(C)C[C@]1(c2ccc(-c3cnn(C4CC4)c3)cc2)N=C(N)N([C@H](COC(=O)NCC(F)(F)F)c2ccc(Cl)c(N3N=CN=CC3(F)F)c2)C1=O. The molecule has 52 heavy (non-hydrogen) atoms. The van der Waals surface area contributed by atoms with Gasteiger partial charge in [0.2, 0.25) is 0 Å². The summed E-state index contributed by atoms with van der Waals surface area (Å²) in [5.41, 5.74) is 6.44. The molecule has 1 saturated carbocycles. The predicted octanol–water partition coefficient (Wildman–Crippen LogP) is 6.78. The molecule has 1 fully saturated rings. The van der Waals surface area contributed by atoms with Crippen LogP contribution in [-0.4, -0.2) is 70.6 Å². The molecule has 3 aliphatic rings. The first kappa shape index (κ1) is 36.7. The van der Waals surface area contributed by atoms with Crippen LogP contribution in [0.15, 0.2) is 69.9 Å². The average Bonchev–Trinajstić information content (AvgIpc) is 3.74. The highest BCUT2D eigenvalue weighted by molar-refractivity contribution is 6.33. The molecule has 18 heteroatoms. The van der Waals surface area contributed by atoms with E-state index in [1.807, 2.05) is 43.8 Å². The van der Waals surface area contributed by atoms with E-state index in [1.54, 1.807) is 23.6 Å². The molecule has 1 aliphatic carbocycles. The van der Waals surface area contributed by atoms with Gasteiger partial charge in [0, 0.05) is 11.8 Å². The van der Waals surface area contributed by atoms with Crippen molar-refractivity contribution < 1.29 is 36.3 Å². The zero-order chi connectivity index (χ0) is 37.6. The summed E-state index contributed by atoms with van der Waals surface area (Å²) in [5.74, 6) is -0.929. The second-order valence-electron chi connectivity index (χ2n) is 14.0. The van der Waals surface area contributed by atoms with Gasteiger partial charge in [-0.2, -0.15) is 37.2 Å². The summed E-state index contributed by atoms with van der Waals surface area (Å²) in [6.07, 6.45) is 1.10. The first-order valence-corrected chi connectivity index (χ1v) is 16.6. The third-order valence-corrected chi connectivity index (χ3v) is 8.90. The maximum Gasteiger partial charge on any atom is 0.407 e. The third-order valence-electron chi connectivity index (χ3n) is 8.58. The number of carbonyl (C=O) groups is 2. The highest BCUT2D eigenvalue weighted by atomic mass is 35.5. The number of hydrazone groups is 1. The molecular formula is C34H35ClF5N9O3. The Morgan fingerprint density at radius 3 is 2.46 bits per heavy atom. The summed E-state index contributed by atoms with van der Waals surface area (Å²) < 4.78 is 75.3. The Bertz CT molecular complexity index is 1940. The van der Waals surface area contributed by atoms with E-state index in [4.69, 9.17) is 27.1 Å². The number of aliphatic imine (C=N–C) groups is 2. The molecule has 2 amide bonds. The van der Waals surface area contributed by atoms with E-state index in [0.29, 0.717) is 22.8 Å². The van der Waals surface area contributed by atoms with E-state index in [-0.39, 0.29) is 28.7 Å². The quantitative estimate of drug-likeness (QED) is 0.173. The number of rotatable bonds is 10. The van der Waals surface area contributed by atoms with E-state index in [2.05, 4.69) is 15.2 Å². The highest BCUT2D eigenvalue weighted by Crippen LogP contribution is 2.46. The van der Waals surface area contributed by atoms with Gasteiger partial charge in [0.15, 0.2) is 11.5 Å². The monoisotopic (exact) mass is 747 g/mol. The minimum Gasteiger partial charge on any atom is -0.447 e. The number of hydrogen-bond acceptors (Lipinski definition) is 9. The van der Waals surface area contributed by atoms with Crippen molar-refractivity contribution in [2.24, 2.45) is 26.2 Å². The number of ether oxygens (including phenoxy) is 1. The third kappa shape index (κ3) is 7.73. The first-order chi connectivity index (χ1) is 24.4. The predicted molar refractivity (Wildman–Crippen MR) is 184 cm³/mol. The molecule has 0 unspecified atom stereocenters. The minimum absolute atomic E-state index is 0.0811. The number of anilines is 1. The number of halogens is 6. The molecular weight excluding hydrogens is 713 g/mol. The van der Waals surface area contributed by atoms with Crippen LogP contribution in [0.3, 0.4) is 0 Å². The summed E-state index contributed by atoms with van der Waals surface area (Å²) in [6, 6.07) is 6.38. The molecule has 2 aliphatic heterocycles. The summed E-state index contributed by atoms with van der Waals surface area (Å²) in [5, 5.41) is 9.86. The van der Waals surface area contributed by atoms with Crippen LogP contribution in [0, 0.1) is 5.41 Å². The molecule has 6 rings (SSSR count). The molecule has 0 saturated heterocycles. The number of nitrogens with zero attached hydrogens (tertiary/aromatic N) is 7. The fourth-order valence-corrected chi connectivity index (χ4v) is 6.39. The van der Waals surface area contributed by atoms with Crippen molar-refractivity contribution in [3.05, 3.63) is 71.0 Å². The van der Waals surface area contributed by atoms with Gasteiger partial charge >= 0.3 is 18.3 Å². The largest absolute Gasteiger partial charge is 0.447 e. The standard InChI is InChI=1S/C34H35ClF5N9O3/c1-31(2,3)16-32(23-7-4-20(5-8-23)22-13-44-47(14-22)24-9-10-24)28(50)48(29(41)46-32)27(15-52-30(51)43-17-33(36,37)38)21-6-11-25(35)26(12-21)49-34(39,40)18-42-19-45-49/h4-8,11-14,18-19,24,27H,9-10,15-17H2,1-3H3,(H2,41,46)(H,43,51)/t27-,32-/m1/s1. The lowest BCUT2D eigenvalue weighted by Crippen LogP contribution is -2.48. The van der Waals surface area contributed by atoms with Crippen molar-refractivity contribution in [3.63, 3.8) is 0 Å². The lowest BCUT2D eigenvalue weighted by molar-refractivity contribution is -0.135. The molecule has 276 valence electrons. The van der Waals surface area contributed by atoms with Gasteiger partial charge < -0.3 is 15.8 Å². The second kappa shape index (κ2) is 13.5. The molecule has 2 atom stereocenters. The number of alkyl carbamates (subject to hydrolysis) is 1. The van der Waals surface area contributed by atoms with Crippen molar-refractivity contribution in [2.45, 2.75) is 69.9 Å². The fraction of sp³-hybridized carbons (Fsp3) is 0.412. The molecule has 12 nitrogen and oxygen atoms in total. The van der Waals surface area contributed by atoms with Crippen LogP contribution in [0.4, 0.5) is 32.4 Å². The Balaban J connectivity index is 1.38. The van der Waals surface area contributed by atoms with Crippen molar-refractivity contribution in [1.29, 1.82) is 0 Å². The van der Waals surface area contributed by atoms with Gasteiger partial charge in [-0.25, -0.2) is 14.8 Å². The van der Waals surface area contributed by atoms with Crippen LogP contribution >= 0.6 is 11.6 Å². The van der Waals surface area contributed by atoms with Crippen molar-refractivity contribution in [1.82, 2.24) is 20.0 Å². The van der Waals surface area contributed by atoms with Crippen molar-refractivity contribution >= 4 is 47.8 Å². The maximum atomic E-state index is 14.9. The molecule has 3 N–H and O–H groups in total. The van der Waals surface area contributed by atoms with Gasteiger partial charge in [-0.05, 0) is 53.5 Å². The molecule has 2 aromatic carbocycles. The van der Waals surface area contributed by atoms with Crippen LogP contribution in [-0.2, 0) is 15.1 Å². The van der Waals surface area contributed by atoms with E-state index in [1.165, 1.54) is 18.2 Å². The number of aromatic nitrogens is 2. The summed E-state index contributed by atoms with van der Waals surface area (Å²) in [4.78, 5) is 36.4. The Morgan fingerprint density at radius 2 is 1.83 bits per heavy atom.